The van der Waals surface area contributed by atoms with Crippen molar-refractivity contribution >= 4 is 11.0 Å². The van der Waals surface area contributed by atoms with Crippen molar-refractivity contribution in [2.75, 3.05) is 0 Å². The van der Waals surface area contributed by atoms with Crippen molar-refractivity contribution < 1.29 is 26.2 Å². The van der Waals surface area contributed by atoms with E-state index in [1.807, 2.05) is 18.3 Å². The molecule has 0 spiro atoms. The van der Waals surface area contributed by atoms with Crippen molar-refractivity contribution in [3.63, 3.8) is 0 Å². The number of nitrogens with zero attached hydrogens (tertiary/aromatic N) is 3. The zero-order chi connectivity index (χ0) is 42.0. The first kappa shape index (κ1) is 42.3. The second-order valence-electron chi connectivity index (χ2n) is 16.6. The fourth-order valence-corrected chi connectivity index (χ4v) is 8.47. The number of phenolic OH excluding ortho intramolecular Hbond substituents is 1. The van der Waals surface area contributed by atoms with Gasteiger partial charge in [0, 0.05) is 38.5 Å². The third-order valence-corrected chi connectivity index (χ3v) is 11.7. The molecule has 2 heterocycles. The topological polar surface area (TPSA) is 50.9 Å². The Bertz CT molecular complexity index is 2990. The SMILES string of the molecule is CCCc1ccc(-n2c(-c3cc(C(C)C)cc(C(C)C)c3O)nc3c(-c4[c-]c(-c5cc(-c6ccccc6)ccn5)cc(-c5ccccc5)c4)cccc32)c(-c2ccccc2)c1.[Pt]. The number of pyridine rings is 1. The molecule has 2 aromatic heterocycles. The van der Waals surface area contributed by atoms with E-state index >= 15 is 0 Å². The molecular formula is C57H50N3OPt-. The predicted molar refractivity (Wildman–Crippen MR) is 254 cm³/mol. The standard InChI is InChI=1S/C57H50N3O.Pt/c1-6-17-39-26-27-53(50(30-39)42-22-14-9-15-23-42)60-54-25-16-24-48(55(54)59-57(60)51-35-44(37(2)3)34-49(38(4)5)56(51)61)46-31-45(41-20-12-8-13-21-41)32-47(33-46)52-36-43(28-29-58-52)40-18-10-7-11-19-40;/h7-16,18-32,34-38,61H,6,17H2,1-5H3;/q-1;. The van der Waals surface area contributed by atoms with Crippen molar-refractivity contribution in [1.29, 1.82) is 0 Å². The molecule has 9 rings (SSSR count). The van der Waals surface area contributed by atoms with Crippen molar-refractivity contribution in [2.45, 2.75) is 59.3 Å². The molecule has 62 heavy (non-hydrogen) atoms. The van der Waals surface area contributed by atoms with Gasteiger partial charge >= 0.3 is 0 Å². The Kier molecular flexibility index (Phi) is 12.5. The van der Waals surface area contributed by atoms with Gasteiger partial charge in [-0.3, -0.25) is 9.55 Å². The molecule has 0 aliphatic rings. The van der Waals surface area contributed by atoms with Gasteiger partial charge in [0.25, 0.3) is 0 Å². The van der Waals surface area contributed by atoms with Crippen LogP contribution < -0.4 is 0 Å². The summed E-state index contributed by atoms with van der Waals surface area (Å²) in [7, 11) is 0. The first-order valence-corrected chi connectivity index (χ1v) is 21.5. The first-order chi connectivity index (χ1) is 29.8. The van der Waals surface area contributed by atoms with Crippen LogP contribution in [-0.4, -0.2) is 19.6 Å². The molecule has 5 heteroatoms. The van der Waals surface area contributed by atoms with Crippen LogP contribution >= 0.6 is 0 Å². The molecule has 0 fully saturated rings. The summed E-state index contributed by atoms with van der Waals surface area (Å²) in [4.78, 5) is 10.5. The van der Waals surface area contributed by atoms with Crippen LogP contribution in [-0.2, 0) is 27.5 Å². The maximum Gasteiger partial charge on any atom is 0.148 e. The number of aryl methyl sites for hydroxylation is 1. The molecule has 0 aliphatic heterocycles. The van der Waals surface area contributed by atoms with Gasteiger partial charge in [-0.05, 0) is 87.5 Å². The van der Waals surface area contributed by atoms with Crippen LogP contribution in [0.4, 0.5) is 0 Å². The Morgan fingerprint density at radius 3 is 1.90 bits per heavy atom. The summed E-state index contributed by atoms with van der Waals surface area (Å²) in [6.45, 7) is 10.9. The van der Waals surface area contributed by atoms with Gasteiger partial charge in [0.05, 0.1) is 22.3 Å². The molecule has 0 saturated heterocycles. The third-order valence-electron chi connectivity index (χ3n) is 11.7. The molecule has 310 valence electrons. The van der Waals surface area contributed by atoms with Gasteiger partial charge in [0.15, 0.2) is 0 Å². The summed E-state index contributed by atoms with van der Waals surface area (Å²) in [6.07, 6.45) is 3.92. The normalized spacial score (nSPS) is 11.3. The Labute approximate surface area is 380 Å². The maximum absolute atomic E-state index is 12.3. The van der Waals surface area contributed by atoms with E-state index in [4.69, 9.17) is 9.97 Å². The second-order valence-corrected chi connectivity index (χ2v) is 16.6. The quantitative estimate of drug-likeness (QED) is 0.131. The van der Waals surface area contributed by atoms with E-state index in [1.54, 1.807) is 0 Å². The number of para-hydroxylation sites is 1. The van der Waals surface area contributed by atoms with E-state index in [2.05, 4.69) is 197 Å². The molecule has 4 nitrogen and oxygen atoms in total. The van der Waals surface area contributed by atoms with Gasteiger partial charge in [-0.2, -0.15) is 0 Å². The smallest absolute Gasteiger partial charge is 0.148 e. The molecule has 0 atom stereocenters. The van der Waals surface area contributed by atoms with Crippen LogP contribution in [0.25, 0.3) is 83.9 Å². The maximum atomic E-state index is 12.3. The van der Waals surface area contributed by atoms with E-state index in [9.17, 15) is 5.11 Å². The average Bonchev–Trinajstić information content (AvgIpc) is 3.69. The minimum absolute atomic E-state index is 0. The van der Waals surface area contributed by atoms with Crippen molar-refractivity contribution in [3.8, 4) is 78.6 Å². The molecule has 7 aromatic carbocycles. The summed E-state index contributed by atoms with van der Waals surface area (Å²) < 4.78 is 2.27. The molecule has 0 aliphatic carbocycles. The fourth-order valence-electron chi connectivity index (χ4n) is 8.47. The van der Waals surface area contributed by atoms with E-state index in [0.717, 1.165) is 102 Å². The number of phenols is 1. The molecule has 0 radical (unpaired) electrons. The van der Waals surface area contributed by atoms with Crippen LogP contribution in [0.2, 0.25) is 0 Å². The molecule has 9 aromatic rings. The number of aromatic nitrogens is 3. The van der Waals surface area contributed by atoms with E-state index in [-0.39, 0.29) is 38.7 Å². The van der Waals surface area contributed by atoms with Gasteiger partial charge in [-0.1, -0.05) is 179 Å². The molecule has 0 unspecified atom stereocenters. The van der Waals surface area contributed by atoms with Crippen molar-refractivity contribution in [3.05, 3.63) is 193 Å². The van der Waals surface area contributed by atoms with Gasteiger partial charge in [-0.25, -0.2) is 4.98 Å². The minimum Gasteiger partial charge on any atom is -0.507 e. The zero-order valence-electron chi connectivity index (χ0n) is 35.8. The summed E-state index contributed by atoms with van der Waals surface area (Å²) >= 11 is 0. The van der Waals surface area contributed by atoms with Crippen molar-refractivity contribution in [1.82, 2.24) is 14.5 Å². The Morgan fingerprint density at radius 1 is 0.581 bits per heavy atom. The van der Waals surface area contributed by atoms with Gasteiger partial charge in [0.2, 0.25) is 0 Å². The van der Waals surface area contributed by atoms with Crippen molar-refractivity contribution in [2.24, 2.45) is 0 Å². The number of fused-ring (bicyclic) bond motifs is 1. The van der Waals surface area contributed by atoms with Crippen LogP contribution in [0.1, 0.15) is 69.6 Å². The zero-order valence-corrected chi connectivity index (χ0v) is 38.1. The number of benzene rings is 7. The van der Waals surface area contributed by atoms with E-state index in [0.29, 0.717) is 5.82 Å². The summed E-state index contributed by atoms with van der Waals surface area (Å²) in [5.41, 5.74) is 17.1. The number of hydrogen-bond donors (Lipinski definition) is 1. The second kappa shape index (κ2) is 18.3. The van der Waals surface area contributed by atoms with Crippen LogP contribution in [0, 0.1) is 6.07 Å². The van der Waals surface area contributed by atoms with E-state index < -0.39 is 0 Å². The Morgan fingerprint density at radius 2 is 1.24 bits per heavy atom. The van der Waals surface area contributed by atoms with Gasteiger partial charge < -0.3 is 5.11 Å². The summed E-state index contributed by atoms with van der Waals surface area (Å²) in [6, 6.07) is 61.5. The number of rotatable bonds is 11. The van der Waals surface area contributed by atoms with Gasteiger partial charge in [0.1, 0.15) is 11.6 Å². The first-order valence-electron chi connectivity index (χ1n) is 21.5. The number of hydrogen-bond acceptors (Lipinski definition) is 3. The molecule has 0 amide bonds. The largest absolute Gasteiger partial charge is 0.507 e. The monoisotopic (exact) mass is 987 g/mol. The Balaban J connectivity index is 0.00000529. The number of aromatic hydroxyl groups is 1. The minimum atomic E-state index is 0. The van der Waals surface area contributed by atoms with E-state index in [1.165, 1.54) is 5.56 Å². The Hall–Kier alpha value is -6.35. The fraction of sp³-hybridized carbons (Fsp3) is 0.158. The molecule has 0 bridgehead atoms. The molecular weight excluding hydrogens is 938 g/mol. The molecule has 0 saturated carbocycles. The summed E-state index contributed by atoms with van der Waals surface area (Å²) in [5.74, 6) is 1.33. The average molecular weight is 988 g/mol. The molecule has 1 N–H and O–H groups in total. The van der Waals surface area contributed by atoms with Crippen LogP contribution in [0.5, 0.6) is 5.75 Å². The van der Waals surface area contributed by atoms with Crippen LogP contribution in [0.15, 0.2) is 170 Å². The summed E-state index contributed by atoms with van der Waals surface area (Å²) in [5, 5.41) is 12.3. The third kappa shape index (κ3) is 8.33. The van der Waals surface area contributed by atoms with Gasteiger partial charge in [-0.15, -0.1) is 23.8 Å². The number of imidazole rings is 1. The predicted octanol–water partition coefficient (Wildman–Crippen LogP) is 15.1. The van der Waals surface area contributed by atoms with Crippen LogP contribution in [0.3, 0.4) is 0 Å².